The van der Waals surface area contributed by atoms with E-state index in [0.717, 1.165) is 5.56 Å². The van der Waals surface area contributed by atoms with Crippen molar-refractivity contribution in [1.29, 1.82) is 0 Å². The van der Waals surface area contributed by atoms with E-state index < -0.39 is 6.04 Å². The molecule has 2 amide bonds. The zero-order valence-electron chi connectivity index (χ0n) is 18.6. The smallest absolute Gasteiger partial charge is 0.273 e. The van der Waals surface area contributed by atoms with E-state index in [2.05, 4.69) is 20.6 Å². The number of carbonyl (C=O) groups is 2. The Morgan fingerprint density at radius 1 is 1.06 bits per heavy atom. The van der Waals surface area contributed by atoms with E-state index >= 15 is 0 Å². The van der Waals surface area contributed by atoms with E-state index in [-0.39, 0.29) is 29.7 Å². The van der Waals surface area contributed by atoms with Crippen molar-refractivity contribution in [2.45, 2.75) is 31.5 Å². The van der Waals surface area contributed by atoms with Gasteiger partial charge in [-0.15, -0.1) is 0 Å². The molecule has 1 saturated heterocycles. The molecule has 8 heteroatoms. The molecule has 1 aromatic heterocycles. The van der Waals surface area contributed by atoms with Gasteiger partial charge >= 0.3 is 0 Å². The summed E-state index contributed by atoms with van der Waals surface area (Å²) in [7, 11) is 1.59. The highest BCUT2D eigenvalue weighted by Crippen LogP contribution is 2.24. The number of hydrogen-bond donors (Lipinski definition) is 2. The summed E-state index contributed by atoms with van der Waals surface area (Å²) < 4.78 is 5.46. The molecule has 8 nitrogen and oxygen atoms in total. The number of methoxy groups -OCH3 is 1. The molecule has 0 saturated carbocycles. The number of carbonyl (C=O) groups excluding carboxylic acids is 2. The summed E-state index contributed by atoms with van der Waals surface area (Å²) in [6.45, 7) is 2.32. The van der Waals surface area contributed by atoms with Crippen LogP contribution in [0.15, 0.2) is 72.9 Å². The summed E-state index contributed by atoms with van der Waals surface area (Å²) in [5.74, 6) is -0.232. The molecular weight excluding hydrogens is 418 g/mol. The predicted molar refractivity (Wildman–Crippen MR) is 126 cm³/mol. The summed E-state index contributed by atoms with van der Waals surface area (Å²) in [5, 5.41) is 6.12. The van der Waals surface area contributed by atoms with Crippen LogP contribution in [0.25, 0.3) is 0 Å². The van der Waals surface area contributed by atoms with E-state index in [1.807, 2.05) is 67.6 Å². The Kier molecular flexibility index (Phi) is 6.95. The van der Waals surface area contributed by atoms with E-state index in [9.17, 15) is 9.59 Å². The monoisotopic (exact) mass is 445 g/mol. The van der Waals surface area contributed by atoms with Gasteiger partial charge in [-0.1, -0.05) is 48.5 Å². The molecule has 0 radical (unpaired) electrons. The summed E-state index contributed by atoms with van der Waals surface area (Å²) in [4.78, 5) is 36.6. The molecule has 2 heterocycles. The van der Waals surface area contributed by atoms with E-state index in [1.165, 1.54) is 4.90 Å². The Labute approximate surface area is 193 Å². The maximum Gasteiger partial charge on any atom is 0.273 e. The molecule has 2 N–H and O–H groups in total. The lowest BCUT2D eigenvalue weighted by Gasteiger charge is -2.23. The van der Waals surface area contributed by atoms with E-state index in [4.69, 9.17) is 4.74 Å². The minimum absolute atomic E-state index is 0.0365. The Morgan fingerprint density at radius 2 is 1.76 bits per heavy atom. The van der Waals surface area contributed by atoms with Crippen molar-refractivity contribution >= 4 is 23.5 Å². The van der Waals surface area contributed by atoms with Crippen molar-refractivity contribution in [3.05, 3.63) is 84.2 Å². The van der Waals surface area contributed by atoms with Crippen LogP contribution in [-0.4, -0.2) is 52.5 Å². The minimum Gasteiger partial charge on any atom is -0.380 e. The van der Waals surface area contributed by atoms with Gasteiger partial charge in [-0.3, -0.25) is 9.59 Å². The second-order valence-electron chi connectivity index (χ2n) is 7.96. The van der Waals surface area contributed by atoms with Gasteiger partial charge in [0.05, 0.1) is 12.1 Å². The fraction of sp³-hybridized carbons (Fsp3) is 0.280. The molecule has 1 aliphatic rings. The number of likely N-dealkylation sites (tertiary alicyclic amines) is 1. The second-order valence-corrected chi connectivity index (χ2v) is 7.96. The van der Waals surface area contributed by atoms with Gasteiger partial charge in [0.25, 0.3) is 5.91 Å². The lowest BCUT2D eigenvalue weighted by molar-refractivity contribution is -0.119. The number of nitrogens with zero attached hydrogens (tertiary/aromatic N) is 3. The molecule has 1 aliphatic heterocycles. The van der Waals surface area contributed by atoms with E-state index in [0.29, 0.717) is 24.6 Å². The lowest BCUT2D eigenvalue weighted by atomic mass is 10.1. The number of hydrogen-bond acceptors (Lipinski definition) is 6. The van der Waals surface area contributed by atoms with Crippen LogP contribution in [-0.2, 0) is 9.53 Å². The van der Waals surface area contributed by atoms with Crippen molar-refractivity contribution < 1.29 is 14.3 Å². The van der Waals surface area contributed by atoms with Gasteiger partial charge in [0.1, 0.15) is 11.7 Å². The number of aromatic nitrogens is 2. The third-order valence-corrected chi connectivity index (χ3v) is 5.72. The number of para-hydroxylation sites is 1. The van der Waals surface area contributed by atoms with Crippen molar-refractivity contribution in [2.24, 2.45) is 0 Å². The van der Waals surface area contributed by atoms with Crippen LogP contribution >= 0.6 is 0 Å². The van der Waals surface area contributed by atoms with Crippen LogP contribution in [0.4, 0.5) is 11.6 Å². The van der Waals surface area contributed by atoms with Crippen molar-refractivity contribution in [3.63, 3.8) is 0 Å². The molecule has 170 valence electrons. The molecule has 2 aromatic carbocycles. The maximum atomic E-state index is 13.4. The minimum atomic E-state index is -0.655. The van der Waals surface area contributed by atoms with Gasteiger partial charge in [-0.2, -0.15) is 0 Å². The van der Waals surface area contributed by atoms with Gasteiger partial charge in [0, 0.05) is 32.0 Å². The maximum absolute atomic E-state index is 13.4. The summed E-state index contributed by atoms with van der Waals surface area (Å²) >= 11 is 0. The number of anilines is 2. The van der Waals surface area contributed by atoms with Gasteiger partial charge in [0.15, 0.2) is 0 Å². The predicted octanol–water partition coefficient (Wildman–Crippen LogP) is 3.52. The molecule has 3 atom stereocenters. The van der Waals surface area contributed by atoms with Crippen molar-refractivity contribution in [1.82, 2.24) is 14.9 Å². The first-order valence-electron chi connectivity index (χ1n) is 10.9. The Morgan fingerprint density at radius 3 is 2.45 bits per heavy atom. The first-order valence-corrected chi connectivity index (χ1v) is 10.9. The van der Waals surface area contributed by atoms with Crippen molar-refractivity contribution in [2.75, 3.05) is 24.3 Å². The molecule has 4 rings (SSSR count). The summed E-state index contributed by atoms with van der Waals surface area (Å²) in [5.41, 5.74) is 1.99. The van der Waals surface area contributed by atoms with Crippen LogP contribution < -0.4 is 10.6 Å². The third-order valence-electron chi connectivity index (χ3n) is 5.72. The van der Waals surface area contributed by atoms with Crippen LogP contribution in [0.3, 0.4) is 0 Å². The Hall–Kier alpha value is -3.78. The highest BCUT2D eigenvalue weighted by molar-refractivity contribution is 6.01. The number of rotatable bonds is 7. The fourth-order valence-electron chi connectivity index (χ4n) is 3.90. The topological polar surface area (TPSA) is 96.5 Å². The van der Waals surface area contributed by atoms with Crippen LogP contribution in [0.5, 0.6) is 0 Å². The Balaban J connectivity index is 1.50. The fourth-order valence-corrected chi connectivity index (χ4v) is 3.90. The molecule has 3 aromatic rings. The SMILES string of the molecule is CO[C@@H]1C[C@@H](C(=O)Nc2ccccc2)N(C(=O)c2ccnc(N[C@@H](C)c3ccccc3)n2)C1. The molecule has 0 spiro atoms. The molecule has 1 fully saturated rings. The van der Waals surface area contributed by atoms with Crippen molar-refractivity contribution in [3.8, 4) is 0 Å². The molecule has 33 heavy (non-hydrogen) atoms. The number of nitrogens with one attached hydrogen (secondary N) is 2. The first kappa shape index (κ1) is 22.4. The Bertz CT molecular complexity index is 1090. The van der Waals surface area contributed by atoms with Gasteiger partial charge in [-0.05, 0) is 30.7 Å². The number of ether oxygens (including phenoxy) is 1. The first-order chi connectivity index (χ1) is 16.0. The normalized spacial score (nSPS) is 18.5. The molecule has 0 unspecified atom stereocenters. The van der Waals surface area contributed by atoms with Crippen LogP contribution in [0.2, 0.25) is 0 Å². The zero-order chi connectivity index (χ0) is 23.2. The van der Waals surface area contributed by atoms with E-state index in [1.54, 1.807) is 19.4 Å². The third kappa shape index (κ3) is 5.35. The quantitative estimate of drug-likeness (QED) is 0.578. The summed E-state index contributed by atoms with van der Waals surface area (Å²) in [6, 6.07) is 20.0. The van der Waals surface area contributed by atoms with Gasteiger partial charge < -0.3 is 20.3 Å². The average molecular weight is 446 g/mol. The van der Waals surface area contributed by atoms with Crippen LogP contribution in [0.1, 0.15) is 35.4 Å². The average Bonchev–Trinajstić information content (AvgIpc) is 3.30. The zero-order valence-corrected chi connectivity index (χ0v) is 18.6. The molecule has 0 bridgehead atoms. The standard InChI is InChI=1S/C25H27N5O3/c1-17(18-9-5-3-6-10-18)27-25-26-14-13-21(29-25)24(32)30-16-20(33-2)15-22(30)23(31)28-19-11-7-4-8-12-19/h3-14,17,20,22H,15-16H2,1-2H3,(H,28,31)(H,26,27,29)/t17-,20+,22-/m0/s1. The van der Waals surface area contributed by atoms with Gasteiger partial charge in [-0.25, -0.2) is 9.97 Å². The number of amides is 2. The highest BCUT2D eigenvalue weighted by atomic mass is 16.5. The second kappa shape index (κ2) is 10.2. The summed E-state index contributed by atoms with van der Waals surface area (Å²) in [6.07, 6.45) is 1.74. The molecular formula is C25H27N5O3. The van der Waals surface area contributed by atoms with Gasteiger partial charge in [0.2, 0.25) is 11.9 Å². The lowest BCUT2D eigenvalue weighted by Crippen LogP contribution is -2.43. The molecule has 0 aliphatic carbocycles. The number of benzene rings is 2. The largest absolute Gasteiger partial charge is 0.380 e. The highest BCUT2D eigenvalue weighted by Gasteiger charge is 2.40. The van der Waals surface area contributed by atoms with Crippen LogP contribution in [0, 0.1) is 0 Å².